The lowest BCUT2D eigenvalue weighted by atomic mass is 10.0. The van der Waals surface area contributed by atoms with Gasteiger partial charge in [-0.15, -0.1) is 0 Å². The largest absolute Gasteiger partial charge is 0.327 e. The first kappa shape index (κ1) is 12.9. The molecule has 1 aromatic heterocycles. The summed E-state index contributed by atoms with van der Waals surface area (Å²) in [7, 11) is 0. The van der Waals surface area contributed by atoms with Gasteiger partial charge in [-0.2, -0.15) is 0 Å². The molecule has 0 aliphatic carbocycles. The van der Waals surface area contributed by atoms with Crippen molar-refractivity contribution in [3.63, 3.8) is 0 Å². The van der Waals surface area contributed by atoms with Crippen molar-refractivity contribution in [2.24, 2.45) is 0 Å². The summed E-state index contributed by atoms with van der Waals surface area (Å²) in [6.45, 7) is 0. The summed E-state index contributed by atoms with van der Waals surface area (Å²) in [5.74, 6) is -0.338. The predicted molar refractivity (Wildman–Crippen MR) is 79.6 cm³/mol. The summed E-state index contributed by atoms with van der Waals surface area (Å²) in [4.78, 5) is 39.1. The fraction of sp³-hybridized carbons (Fsp3) is 0. The first-order chi connectivity index (χ1) is 10.1. The van der Waals surface area contributed by atoms with Crippen LogP contribution < -0.4 is 16.6 Å². The zero-order chi connectivity index (χ0) is 14.8. The van der Waals surface area contributed by atoms with Crippen LogP contribution in [0, 0.1) is 0 Å². The molecular weight excluding hydrogens is 270 g/mol. The van der Waals surface area contributed by atoms with Gasteiger partial charge in [-0.3, -0.25) is 19.6 Å². The van der Waals surface area contributed by atoms with E-state index in [1.165, 1.54) is 0 Å². The van der Waals surface area contributed by atoms with Gasteiger partial charge in [0.2, 0.25) is 0 Å². The molecule has 0 aliphatic rings. The Hall–Kier alpha value is -3.15. The number of H-pyrrole nitrogens is 2. The van der Waals surface area contributed by atoms with Crippen LogP contribution in [-0.2, 0) is 0 Å². The molecule has 3 rings (SSSR count). The van der Waals surface area contributed by atoms with Crippen molar-refractivity contribution in [1.29, 1.82) is 0 Å². The minimum Gasteiger partial charge on any atom is -0.308 e. The Morgan fingerprint density at radius 1 is 0.952 bits per heavy atom. The number of carbonyl (C=O) groups is 1. The smallest absolute Gasteiger partial charge is 0.308 e. The SMILES string of the molecule is O=C(Nc1cc(=O)[nH]c(=O)[nH]1)c1cccc2ccccc12. The molecule has 0 saturated carbocycles. The van der Waals surface area contributed by atoms with Crippen molar-refractivity contribution in [2.75, 3.05) is 5.32 Å². The molecule has 0 spiro atoms. The molecule has 104 valence electrons. The highest BCUT2D eigenvalue weighted by atomic mass is 16.2. The number of hydrogen-bond acceptors (Lipinski definition) is 3. The summed E-state index contributed by atoms with van der Waals surface area (Å²) in [5.41, 5.74) is -0.781. The molecule has 3 aromatic rings. The number of aromatic amines is 2. The minimum absolute atomic E-state index is 0.0571. The number of anilines is 1. The van der Waals surface area contributed by atoms with Crippen LogP contribution in [0.4, 0.5) is 5.82 Å². The molecule has 0 aliphatic heterocycles. The summed E-state index contributed by atoms with van der Waals surface area (Å²) < 4.78 is 0. The molecule has 0 fully saturated rings. The average Bonchev–Trinajstić information content (AvgIpc) is 2.45. The second-order valence-electron chi connectivity index (χ2n) is 4.48. The summed E-state index contributed by atoms with van der Waals surface area (Å²) in [6, 6.07) is 13.9. The fourth-order valence-corrected chi connectivity index (χ4v) is 2.15. The van der Waals surface area contributed by atoms with E-state index >= 15 is 0 Å². The van der Waals surface area contributed by atoms with Gasteiger partial charge in [-0.25, -0.2) is 4.79 Å². The number of hydrogen-bond donors (Lipinski definition) is 3. The number of aromatic nitrogens is 2. The minimum atomic E-state index is -0.671. The fourth-order valence-electron chi connectivity index (χ4n) is 2.15. The molecule has 3 N–H and O–H groups in total. The highest BCUT2D eigenvalue weighted by Gasteiger charge is 2.10. The zero-order valence-electron chi connectivity index (χ0n) is 10.8. The molecule has 21 heavy (non-hydrogen) atoms. The number of rotatable bonds is 2. The van der Waals surface area contributed by atoms with Crippen LogP contribution in [0.2, 0.25) is 0 Å². The van der Waals surface area contributed by atoms with Crippen LogP contribution in [0.25, 0.3) is 10.8 Å². The highest BCUT2D eigenvalue weighted by molar-refractivity contribution is 6.12. The van der Waals surface area contributed by atoms with E-state index in [1.807, 2.05) is 35.3 Å². The van der Waals surface area contributed by atoms with E-state index in [-0.39, 0.29) is 5.82 Å². The third-order valence-electron chi connectivity index (χ3n) is 3.04. The van der Waals surface area contributed by atoms with Gasteiger partial charge in [0.1, 0.15) is 5.82 Å². The lowest BCUT2D eigenvalue weighted by molar-refractivity contribution is 0.102. The van der Waals surface area contributed by atoms with Crippen molar-refractivity contribution < 1.29 is 4.79 Å². The van der Waals surface area contributed by atoms with E-state index in [0.29, 0.717) is 5.56 Å². The van der Waals surface area contributed by atoms with Gasteiger partial charge in [0, 0.05) is 11.6 Å². The molecule has 1 heterocycles. The second-order valence-corrected chi connectivity index (χ2v) is 4.48. The van der Waals surface area contributed by atoms with Gasteiger partial charge in [0.15, 0.2) is 0 Å². The van der Waals surface area contributed by atoms with Crippen LogP contribution in [0.5, 0.6) is 0 Å². The Kier molecular flexibility index (Phi) is 3.12. The van der Waals surface area contributed by atoms with E-state index < -0.39 is 17.2 Å². The molecule has 2 aromatic carbocycles. The summed E-state index contributed by atoms with van der Waals surface area (Å²) in [5, 5.41) is 4.25. The Morgan fingerprint density at radius 2 is 1.71 bits per heavy atom. The molecule has 0 radical (unpaired) electrons. The number of carbonyl (C=O) groups excluding carboxylic acids is 1. The van der Waals surface area contributed by atoms with Crippen molar-refractivity contribution in [3.8, 4) is 0 Å². The van der Waals surface area contributed by atoms with E-state index in [1.54, 1.807) is 12.1 Å². The quantitative estimate of drug-likeness (QED) is 0.663. The molecule has 1 amide bonds. The standard InChI is InChI=1S/C15H11N3O3/c19-13-8-12(17-15(21)18-13)16-14(20)11-7-3-5-9-4-1-2-6-10(9)11/h1-8H,(H3,16,17,18,19,20,21). The summed E-state index contributed by atoms with van der Waals surface area (Å²) in [6.07, 6.45) is 0. The third kappa shape index (κ3) is 2.59. The lowest BCUT2D eigenvalue weighted by Gasteiger charge is -2.07. The molecule has 0 bridgehead atoms. The van der Waals surface area contributed by atoms with Gasteiger partial charge in [0.25, 0.3) is 11.5 Å². The van der Waals surface area contributed by atoms with Gasteiger partial charge in [-0.1, -0.05) is 36.4 Å². The second kappa shape index (κ2) is 5.09. The molecule has 0 saturated heterocycles. The van der Waals surface area contributed by atoms with E-state index in [0.717, 1.165) is 16.8 Å². The van der Waals surface area contributed by atoms with Gasteiger partial charge in [-0.05, 0) is 16.8 Å². The van der Waals surface area contributed by atoms with Crippen molar-refractivity contribution in [1.82, 2.24) is 9.97 Å². The summed E-state index contributed by atoms with van der Waals surface area (Å²) >= 11 is 0. The van der Waals surface area contributed by atoms with Crippen LogP contribution in [0.3, 0.4) is 0 Å². The van der Waals surface area contributed by atoms with Crippen LogP contribution >= 0.6 is 0 Å². The van der Waals surface area contributed by atoms with E-state index in [4.69, 9.17) is 0 Å². The maximum Gasteiger partial charge on any atom is 0.327 e. The Labute approximate surface area is 118 Å². The Bertz CT molecular complexity index is 907. The molecule has 6 nitrogen and oxygen atoms in total. The first-order valence-electron chi connectivity index (χ1n) is 6.26. The highest BCUT2D eigenvalue weighted by Crippen LogP contribution is 2.19. The number of nitrogens with one attached hydrogen (secondary N) is 3. The van der Waals surface area contributed by atoms with Gasteiger partial charge >= 0.3 is 5.69 Å². The monoisotopic (exact) mass is 281 g/mol. The normalized spacial score (nSPS) is 10.5. The van der Waals surface area contributed by atoms with Crippen molar-refractivity contribution >= 4 is 22.5 Å². The number of fused-ring (bicyclic) bond motifs is 1. The zero-order valence-corrected chi connectivity index (χ0v) is 10.8. The number of benzene rings is 2. The van der Waals surface area contributed by atoms with E-state index in [2.05, 4.69) is 10.3 Å². The first-order valence-corrected chi connectivity index (χ1v) is 6.26. The van der Waals surface area contributed by atoms with Crippen LogP contribution in [-0.4, -0.2) is 15.9 Å². The lowest BCUT2D eigenvalue weighted by Crippen LogP contribution is -2.24. The van der Waals surface area contributed by atoms with Gasteiger partial charge in [0.05, 0.1) is 0 Å². The predicted octanol–water partition coefficient (Wildman–Crippen LogP) is 1.47. The third-order valence-corrected chi connectivity index (χ3v) is 3.04. The Morgan fingerprint density at radius 3 is 2.52 bits per heavy atom. The Balaban J connectivity index is 2.01. The number of amides is 1. The topological polar surface area (TPSA) is 94.8 Å². The molecular formula is C15H11N3O3. The van der Waals surface area contributed by atoms with Crippen LogP contribution in [0.15, 0.2) is 58.1 Å². The average molecular weight is 281 g/mol. The molecule has 6 heteroatoms. The van der Waals surface area contributed by atoms with E-state index in [9.17, 15) is 14.4 Å². The van der Waals surface area contributed by atoms with Crippen molar-refractivity contribution in [2.45, 2.75) is 0 Å². The van der Waals surface area contributed by atoms with Crippen LogP contribution in [0.1, 0.15) is 10.4 Å². The molecule has 0 atom stereocenters. The maximum atomic E-state index is 12.3. The van der Waals surface area contributed by atoms with Crippen molar-refractivity contribution in [3.05, 3.63) is 74.9 Å². The molecule has 0 unspecified atom stereocenters. The van der Waals surface area contributed by atoms with Gasteiger partial charge < -0.3 is 5.32 Å². The maximum absolute atomic E-state index is 12.3.